The van der Waals surface area contributed by atoms with Crippen molar-refractivity contribution in [3.8, 4) is 11.1 Å². The smallest absolute Gasteiger partial charge is 0.411 e. The summed E-state index contributed by atoms with van der Waals surface area (Å²) in [4.78, 5) is 22.9. The molecule has 0 spiro atoms. The molecule has 0 bridgehead atoms. The van der Waals surface area contributed by atoms with Crippen LogP contribution in [0.1, 0.15) is 0 Å². The summed E-state index contributed by atoms with van der Waals surface area (Å²) in [5.41, 5.74) is 3.16. The quantitative estimate of drug-likeness (QED) is 0.650. The molecule has 0 aromatic heterocycles. The number of rotatable bonds is 7. The lowest BCUT2D eigenvalue weighted by Crippen LogP contribution is -2.14. The van der Waals surface area contributed by atoms with E-state index in [-0.39, 0.29) is 25.0 Å². The predicted octanol–water partition coefficient (Wildman–Crippen LogP) is 4.93. The number of anilines is 2. The lowest BCUT2D eigenvalue weighted by molar-refractivity contribution is 0.167. The molecule has 2 aromatic rings. The highest BCUT2D eigenvalue weighted by molar-refractivity contribution is 6.18. The zero-order chi connectivity index (χ0) is 18.8. The number of carbonyl (C=O) groups excluding carboxylic acids is 2. The summed E-state index contributed by atoms with van der Waals surface area (Å²) >= 11 is 10.9. The van der Waals surface area contributed by atoms with Gasteiger partial charge in [-0.1, -0.05) is 24.3 Å². The van der Waals surface area contributed by atoms with Gasteiger partial charge in [0.2, 0.25) is 0 Å². The van der Waals surface area contributed by atoms with Gasteiger partial charge in [-0.2, -0.15) is 0 Å². The topological polar surface area (TPSA) is 76.7 Å². The molecule has 0 saturated heterocycles. The Bertz CT molecular complexity index is 657. The van der Waals surface area contributed by atoms with E-state index in [4.69, 9.17) is 32.7 Å². The average Bonchev–Trinajstić information content (AvgIpc) is 2.66. The maximum Gasteiger partial charge on any atom is 0.411 e. The Labute approximate surface area is 161 Å². The van der Waals surface area contributed by atoms with Gasteiger partial charge in [0.25, 0.3) is 0 Å². The van der Waals surface area contributed by atoms with Crippen molar-refractivity contribution in [1.29, 1.82) is 0 Å². The number of alkyl halides is 2. The van der Waals surface area contributed by atoms with E-state index in [0.29, 0.717) is 11.4 Å². The van der Waals surface area contributed by atoms with Crippen LogP contribution in [-0.2, 0) is 9.47 Å². The van der Waals surface area contributed by atoms with Crippen LogP contribution < -0.4 is 10.6 Å². The number of amides is 2. The van der Waals surface area contributed by atoms with Crippen molar-refractivity contribution >= 4 is 46.8 Å². The fourth-order valence-corrected chi connectivity index (χ4v) is 2.22. The summed E-state index contributed by atoms with van der Waals surface area (Å²) in [6.45, 7) is 0.316. The van der Waals surface area contributed by atoms with Crippen molar-refractivity contribution < 1.29 is 19.1 Å². The van der Waals surface area contributed by atoms with E-state index in [0.717, 1.165) is 11.1 Å². The van der Waals surface area contributed by atoms with Crippen molar-refractivity contribution in [3.05, 3.63) is 48.5 Å². The summed E-state index contributed by atoms with van der Waals surface area (Å²) < 4.78 is 9.69. The molecule has 0 unspecified atom stereocenters. The van der Waals surface area contributed by atoms with Crippen LogP contribution in [0.15, 0.2) is 48.5 Å². The van der Waals surface area contributed by atoms with E-state index < -0.39 is 12.2 Å². The first-order chi connectivity index (χ1) is 12.6. The van der Waals surface area contributed by atoms with Crippen LogP contribution in [0, 0.1) is 0 Å². The number of carbonyl (C=O) groups is 2. The summed E-state index contributed by atoms with van der Waals surface area (Å²) in [7, 11) is 0. The van der Waals surface area contributed by atoms with Gasteiger partial charge in [-0.05, 0) is 35.4 Å². The fraction of sp³-hybridized carbons (Fsp3) is 0.222. The van der Waals surface area contributed by atoms with Gasteiger partial charge in [0, 0.05) is 11.4 Å². The maximum absolute atomic E-state index is 11.5. The number of nitrogens with one attached hydrogen (secondary N) is 2. The van der Waals surface area contributed by atoms with Gasteiger partial charge in [-0.15, -0.1) is 23.2 Å². The Morgan fingerprint density at radius 1 is 0.692 bits per heavy atom. The minimum Gasteiger partial charge on any atom is -0.448 e. The van der Waals surface area contributed by atoms with Gasteiger partial charge < -0.3 is 9.47 Å². The lowest BCUT2D eigenvalue weighted by Gasteiger charge is -2.08. The Kier molecular flexibility index (Phi) is 8.05. The molecule has 8 heteroatoms. The molecule has 0 atom stereocenters. The fourth-order valence-electron chi connectivity index (χ4n) is 2.06. The summed E-state index contributed by atoms with van der Waals surface area (Å²) in [5, 5.41) is 5.22. The highest BCUT2D eigenvalue weighted by atomic mass is 35.5. The molecule has 2 rings (SSSR count). The third kappa shape index (κ3) is 6.46. The first kappa shape index (κ1) is 19.9. The number of hydrogen-bond donors (Lipinski definition) is 2. The monoisotopic (exact) mass is 396 g/mol. The van der Waals surface area contributed by atoms with E-state index in [1.165, 1.54) is 0 Å². The molecule has 26 heavy (non-hydrogen) atoms. The highest BCUT2D eigenvalue weighted by Crippen LogP contribution is 2.23. The van der Waals surface area contributed by atoms with Crippen LogP contribution in [0.25, 0.3) is 11.1 Å². The molecular formula is C18H18Cl2N2O4. The molecule has 0 radical (unpaired) electrons. The molecule has 0 fully saturated rings. The Morgan fingerprint density at radius 2 is 1.04 bits per heavy atom. The highest BCUT2D eigenvalue weighted by Gasteiger charge is 2.05. The average molecular weight is 397 g/mol. The molecule has 0 saturated carbocycles. The molecular weight excluding hydrogens is 379 g/mol. The molecule has 0 aliphatic heterocycles. The minimum absolute atomic E-state index is 0.158. The molecule has 0 heterocycles. The van der Waals surface area contributed by atoms with Gasteiger partial charge >= 0.3 is 12.2 Å². The van der Waals surface area contributed by atoms with E-state index in [9.17, 15) is 9.59 Å². The van der Waals surface area contributed by atoms with Crippen molar-refractivity contribution in [2.45, 2.75) is 0 Å². The van der Waals surface area contributed by atoms with Crippen LogP contribution in [0.2, 0.25) is 0 Å². The van der Waals surface area contributed by atoms with E-state index in [1.54, 1.807) is 24.3 Å². The van der Waals surface area contributed by atoms with Crippen molar-refractivity contribution in [2.75, 3.05) is 35.6 Å². The molecule has 2 N–H and O–H groups in total. The van der Waals surface area contributed by atoms with Gasteiger partial charge in [0.1, 0.15) is 13.2 Å². The predicted molar refractivity (Wildman–Crippen MR) is 103 cm³/mol. The second kappa shape index (κ2) is 10.5. The molecule has 0 aliphatic rings. The molecule has 6 nitrogen and oxygen atoms in total. The Balaban J connectivity index is 1.94. The zero-order valence-electron chi connectivity index (χ0n) is 13.8. The SMILES string of the molecule is O=C(Nc1ccc(-c2ccc(NC(=O)OCCCl)cc2)cc1)OCCCl. The number of halogens is 2. The van der Waals surface area contributed by atoms with Crippen molar-refractivity contribution in [2.24, 2.45) is 0 Å². The number of ether oxygens (including phenoxy) is 2. The molecule has 138 valence electrons. The first-order valence-corrected chi connectivity index (χ1v) is 8.89. The van der Waals surface area contributed by atoms with Crippen LogP contribution in [0.4, 0.5) is 21.0 Å². The Hall–Kier alpha value is -2.44. The van der Waals surface area contributed by atoms with E-state index in [2.05, 4.69) is 10.6 Å². The molecule has 2 amide bonds. The minimum atomic E-state index is -0.546. The van der Waals surface area contributed by atoms with Crippen LogP contribution in [-0.4, -0.2) is 37.2 Å². The summed E-state index contributed by atoms with van der Waals surface area (Å²) in [6, 6.07) is 14.6. The number of hydrogen-bond acceptors (Lipinski definition) is 4. The normalized spacial score (nSPS) is 10.1. The van der Waals surface area contributed by atoms with Crippen LogP contribution >= 0.6 is 23.2 Å². The van der Waals surface area contributed by atoms with Gasteiger partial charge in [-0.3, -0.25) is 10.6 Å². The van der Waals surface area contributed by atoms with Crippen molar-refractivity contribution in [3.63, 3.8) is 0 Å². The zero-order valence-corrected chi connectivity index (χ0v) is 15.3. The van der Waals surface area contributed by atoms with E-state index in [1.807, 2.05) is 24.3 Å². The molecule has 2 aromatic carbocycles. The van der Waals surface area contributed by atoms with Crippen molar-refractivity contribution in [1.82, 2.24) is 0 Å². The van der Waals surface area contributed by atoms with E-state index >= 15 is 0 Å². The standard InChI is InChI=1S/C18H18Cl2N2O4/c19-9-11-25-17(23)21-15-5-1-13(2-6-15)14-3-7-16(8-4-14)22-18(24)26-12-10-20/h1-8H,9-12H2,(H,21,23)(H,22,24). The third-order valence-corrected chi connectivity index (χ3v) is 3.53. The second-order valence-corrected chi connectivity index (χ2v) is 5.81. The van der Waals surface area contributed by atoms with Crippen LogP contribution in [0.5, 0.6) is 0 Å². The first-order valence-electron chi connectivity index (χ1n) is 7.82. The summed E-state index contributed by atoms with van der Waals surface area (Å²) in [6.07, 6.45) is -1.09. The third-order valence-electron chi connectivity index (χ3n) is 3.22. The maximum atomic E-state index is 11.5. The molecule has 0 aliphatic carbocycles. The van der Waals surface area contributed by atoms with Gasteiger partial charge in [0.15, 0.2) is 0 Å². The lowest BCUT2D eigenvalue weighted by atomic mass is 10.1. The second-order valence-electron chi connectivity index (χ2n) is 5.05. The van der Waals surface area contributed by atoms with Crippen LogP contribution in [0.3, 0.4) is 0 Å². The van der Waals surface area contributed by atoms with Gasteiger partial charge in [-0.25, -0.2) is 9.59 Å². The van der Waals surface area contributed by atoms with Gasteiger partial charge in [0.05, 0.1) is 11.8 Å². The largest absolute Gasteiger partial charge is 0.448 e. The number of benzene rings is 2. The Morgan fingerprint density at radius 3 is 1.35 bits per heavy atom. The summed E-state index contributed by atoms with van der Waals surface area (Å²) in [5.74, 6) is 0.503.